The van der Waals surface area contributed by atoms with Crippen LogP contribution in [0.5, 0.6) is 0 Å². The van der Waals surface area contributed by atoms with Gasteiger partial charge in [-0.05, 0) is 49.4 Å². The molecular weight excluding hydrogens is 569 g/mol. The first-order chi connectivity index (χ1) is 30.4. The number of para-hydroxylation sites is 1. The number of rotatable bonds is 5. The highest BCUT2D eigenvalue weighted by Crippen LogP contribution is 2.50. The highest BCUT2D eigenvalue weighted by atomic mass is 16.3. The van der Waals surface area contributed by atoms with Gasteiger partial charge >= 0.3 is 0 Å². The van der Waals surface area contributed by atoms with Crippen LogP contribution in [0, 0.1) is 0 Å². The summed E-state index contributed by atoms with van der Waals surface area (Å²) in [5.74, 6) is -0.415. The summed E-state index contributed by atoms with van der Waals surface area (Å²) in [6, 6.07) is 10.8. The largest absolute Gasteiger partial charge is 0.455 e. The molecule has 0 amide bonds. The Balaban J connectivity index is 1.61. The third-order valence-corrected chi connectivity index (χ3v) is 8.09. The van der Waals surface area contributed by atoms with Crippen LogP contribution in [-0.4, -0.2) is 0 Å². The van der Waals surface area contributed by atoms with Crippen LogP contribution in [0.1, 0.15) is 23.3 Å². The van der Waals surface area contributed by atoms with Gasteiger partial charge in [-0.25, -0.2) is 0 Å². The third kappa shape index (κ3) is 4.56. The smallest absolute Gasteiger partial charge is 0.143 e. The van der Waals surface area contributed by atoms with Crippen molar-refractivity contribution in [1.82, 2.24) is 0 Å². The van der Waals surface area contributed by atoms with Crippen LogP contribution in [0.15, 0.2) is 186 Å². The average molecular weight is 616 g/mol. The monoisotopic (exact) mass is 615 g/mol. The molecule has 0 aliphatic heterocycles. The zero-order valence-electron chi connectivity index (χ0n) is 41.4. The lowest BCUT2D eigenvalue weighted by atomic mass is 9.84. The number of fused-ring (bicyclic) bond motifs is 3. The predicted molar refractivity (Wildman–Crippen MR) is 198 cm³/mol. The number of hydrogen-bond acceptors (Lipinski definition) is 1. The Hall–Kier alpha value is -6.18. The van der Waals surface area contributed by atoms with E-state index in [0.717, 1.165) is 0 Å². The molecule has 0 unspecified atom stereocenters. The first-order valence-corrected chi connectivity index (χ1v) is 14.7. The summed E-state index contributed by atoms with van der Waals surface area (Å²) < 4.78 is 160. The zero-order chi connectivity index (χ0) is 46.0. The van der Waals surface area contributed by atoms with Crippen molar-refractivity contribution >= 4 is 32.5 Å². The van der Waals surface area contributed by atoms with Gasteiger partial charge < -0.3 is 4.42 Å². The first-order valence-electron chi connectivity index (χ1n) is 23.2. The van der Waals surface area contributed by atoms with E-state index in [4.69, 9.17) is 16.8 Å². The summed E-state index contributed by atoms with van der Waals surface area (Å²) >= 11 is 0. The molecule has 0 radical (unpaired) electrons. The van der Waals surface area contributed by atoms with Gasteiger partial charge in [0, 0.05) is 27.6 Å². The van der Waals surface area contributed by atoms with E-state index < -0.39 is 114 Å². The third-order valence-electron chi connectivity index (χ3n) is 8.09. The Kier molecular flexibility index (Phi) is 3.60. The lowest BCUT2D eigenvalue weighted by molar-refractivity contribution is 0.633. The molecule has 0 atom stereocenters. The number of hydrogen-bond donors (Lipinski definition) is 0. The predicted octanol–water partition coefficient (Wildman–Crippen LogP) is 13.1. The first kappa shape index (κ1) is 14.9. The van der Waals surface area contributed by atoms with E-state index in [1.165, 1.54) is 18.2 Å². The van der Waals surface area contributed by atoms with Gasteiger partial charge in [0.2, 0.25) is 0 Å². The van der Waals surface area contributed by atoms with E-state index in [0.29, 0.717) is 11.1 Å². The molecule has 1 heterocycles. The van der Waals surface area contributed by atoms with Crippen LogP contribution in [-0.2, 0) is 0 Å². The molecule has 220 valence electrons. The van der Waals surface area contributed by atoms with Crippen LogP contribution >= 0.6 is 0 Å². The lowest BCUT2D eigenvalue weighted by Gasteiger charge is -2.18. The van der Waals surface area contributed by atoms with Crippen molar-refractivity contribution < 1.29 is 27.7 Å². The van der Waals surface area contributed by atoms with Crippen LogP contribution in [0.3, 0.4) is 0 Å². The fourth-order valence-electron chi connectivity index (χ4n) is 6.07. The Morgan fingerprint density at radius 1 is 0.340 bits per heavy atom. The van der Waals surface area contributed by atoms with Crippen molar-refractivity contribution in [3.63, 3.8) is 0 Å². The standard InChI is InChI=1S/C46H30O/c1-4-15-31(16-5-1)32-27-29-35(30-28-32)45-44(41-26-14-25-36(46(41)47-45)33-17-6-2-7-18-33)43-39-23-12-10-21-37(39)42(34-19-8-3-9-20-34)38-22-11-13-24-40(38)43/h1-30H/i2D,6D,7D,10D,11D,12D,13D,17D,18D,21D,22D,23D,24D,27D,28D,29D,30D. The molecular formula is C46H30O. The van der Waals surface area contributed by atoms with Gasteiger partial charge in [-0.15, -0.1) is 0 Å². The summed E-state index contributed by atoms with van der Waals surface area (Å²) in [4.78, 5) is 0. The van der Waals surface area contributed by atoms with Crippen LogP contribution in [0.2, 0.25) is 0 Å². The molecule has 47 heavy (non-hydrogen) atoms. The van der Waals surface area contributed by atoms with E-state index in [1.807, 2.05) is 0 Å². The normalized spacial score (nSPS) is 16.5. The molecule has 1 nitrogen and oxygen atoms in total. The summed E-state index contributed by atoms with van der Waals surface area (Å²) in [7, 11) is 0. The van der Waals surface area contributed by atoms with E-state index in [-0.39, 0.29) is 65.9 Å². The molecule has 9 aromatic rings. The highest BCUT2D eigenvalue weighted by Gasteiger charge is 2.25. The highest BCUT2D eigenvalue weighted by molar-refractivity contribution is 6.25. The molecule has 0 saturated heterocycles. The van der Waals surface area contributed by atoms with Crippen LogP contribution in [0.25, 0.3) is 88.3 Å². The van der Waals surface area contributed by atoms with Gasteiger partial charge in [0.25, 0.3) is 0 Å². The van der Waals surface area contributed by atoms with Gasteiger partial charge in [-0.3, -0.25) is 0 Å². The fraction of sp³-hybridized carbons (Fsp3) is 0. The Bertz CT molecular complexity index is 3370. The lowest BCUT2D eigenvalue weighted by Crippen LogP contribution is -1.91. The Morgan fingerprint density at radius 2 is 0.872 bits per heavy atom. The van der Waals surface area contributed by atoms with Gasteiger partial charge in [0.15, 0.2) is 0 Å². The van der Waals surface area contributed by atoms with E-state index in [2.05, 4.69) is 0 Å². The van der Waals surface area contributed by atoms with Crippen molar-refractivity contribution in [3.05, 3.63) is 182 Å². The average Bonchev–Trinajstić information content (AvgIpc) is 3.68. The summed E-state index contributed by atoms with van der Waals surface area (Å²) in [5, 5.41) is -0.693. The summed E-state index contributed by atoms with van der Waals surface area (Å²) in [5.41, 5.74) is -0.593. The van der Waals surface area contributed by atoms with E-state index in [1.54, 1.807) is 60.7 Å². The molecule has 0 fully saturated rings. The minimum absolute atomic E-state index is 0.0261. The number of benzene rings is 8. The quantitative estimate of drug-likeness (QED) is 0.176. The van der Waals surface area contributed by atoms with Crippen LogP contribution in [0.4, 0.5) is 0 Å². The molecule has 1 aromatic heterocycles. The molecule has 0 aliphatic rings. The zero-order valence-corrected chi connectivity index (χ0v) is 24.4. The number of furan rings is 1. The van der Waals surface area contributed by atoms with E-state index >= 15 is 0 Å². The second-order valence-electron chi connectivity index (χ2n) is 10.7. The Labute approximate surface area is 297 Å². The summed E-state index contributed by atoms with van der Waals surface area (Å²) in [6.07, 6.45) is 0. The topological polar surface area (TPSA) is 13.1 Å². The summed E-state index contributed by atoms with van der Waals surface area (Å²) in [6.45, 7) is 0. The van der Waals surface area contributed by atoms with Gasteiger partial charge in [0.05, 0.1) is 23.3 Å². The van der Waals surface area contributed by atoms with Crippen molar-refractivity contribution in [2.24, 2.45) is 0 Å². The molecule has 0 spiro atoms. The van der Waals surface area contributed by atoms with Gasteiger partial charge in [0.1, 0.15) is 11.3 Å². The maximum absolute atomic E-state index is 9.53. The second-order valence-corrected chi connectivity index (χ2v) is 10.7. The molecule has 0 aliphatic carbocycles. The second kappa shape index (κ2) is 11.3. The molecule has 9 rings (SSSR count). The van der Waals surface area contributed by atoms with Gasteiger partial charge in [-0.2, -0.15) is 0 Å². The minimum Gasteiger partial charge on any atom is -0.455 e. The molecule has 0 N–H and O–H groups in total. The fourth-order valence-corrected chi connectivity index (χ4v) is 6.07. The van der Waals surface area contributed by atoms with Crippen molar-refractivity contribution in [2.75, 3.05) is 0 Å². The molecule has 8 aromatic carbocycles. The van der Waals surface area contributed by atoms with Gasteiger partial charge in [-0.1, -0.05) is 182 Å². The van der Waals surface area contributed by atoms with E-state index in [9.17, 15) is 11.0 Å². The molecule has 1 heteroatoms. The maximum Gasteiger partial charge on any atom is 0.143 e. The maximum atomic E-state index is 9.53. The SMILES string of the molecule is [2H]c1c([2H])c([2H])c(-c2cccc3c(-c4c5c([2H])c([2H])c([2H])c([2H])c5c(-c5ccccc5)c5c([2H])c([2H])c([2H])c([2H])c45)c(-c4c([2H])c([2H])c(-c5ccccc5)c([2H])c4[2H])oc23)c([2H])c1[2H]. The van der Waals surface area contributed by atoms with Crippen molar-refractivity contribution in [1.29, 1.82) is 0 Å². The molecule has 0 bridgehead atoms. The molecule has 0 saturated carbocycles. The van der Waals surface area contributed by atoms with Crippen LogP contribution < -0.4 is 0 Å². The van der Waals surface area contributed by atoms with Crippen molar-refractivity contribution in [2.45, 2.75) is 0 Å². The van der Waals surface area contributed by atoms with Crippen molar-refractivity contribution in [3.8, 4) is 55.8 Å². The Morgan fingerprint density at radius 3 is 1.49 bits per heavy atom. The minimum atomic E-state index is -0.691.